The quantitative estimate of drug-likeness (QED) is 0.653. The lowest BCUT2D eigenvalue weighted by molar-refractivity contribution is -0.124. The monoisotopic (exact) mass is 209 g/mol. The van der Waals surface area contributed by atoms with Gasteiger partial charge < -0.3 is 0 Å². The molecule has 0 saturated carbocycles. The number of carbonyl (C=O) groups excluding carboxylic acids is 2. The Morgan fingerprint density at radius 1 is 1.50 bits per heavy atom. The Hall–Kier alpha value is -1.35. The lowest BCUT2D eigenvalue weighted by Gasteiger charge is -2.12. The second-order valence-electron chi connectivity index (χ2n) is 3.20. The third kappa shape index (κ3) is 1.30. The number of halogens is 1. The minimum absolute atomic E-state index is 0.185. The van der Waals surface area contributed by atoms with Crippen molar-refractivity contribution in [3.63, 3.8) is 0 Å². The van der Waals surface area contributed by atoms with Gasteiger partial charge in [-0.15, -0.1) is 0 Å². The van der Waals surface area contributed by atoms with Crippen molar-refractivity contribution >= 4 is 29.1 Å². The van der Waals surface area contributed by atoms with Crippen molar-refractivity contribution < 1.29 is 9.59 Å². The molecule has 1 aliphatic rings. The molecule has 0 aliphatic carbocycles. The molecule has 1 aliphatic heterocycles. The normalized spacial score (nSPS) is 14.4. The third-order valence-electron chi connectivity index (χ3n) is 2.19. The highest BCUT2D eigenvalue weighted by atomic mass is 35.5. The Kier molecular flexibility index (Phi) is 2.04. The molecule has 0 radical (unpaired) electrons. The number of anilines is 1. The fourth-order valence-corrected chi connectivity index (χ4v) is 1.78. The number of hydrogen-bond donors (Lipinski definition) is 0. The highest BCUT2D eigenvalue weighted by molar-refractivity contribution is 6.31. The Balaban J connectivity index is 2.55. The van der Waals surface area contributed by atoms with E-state index in [2.05, 4.69) is 0 Å². The van der Waals surface area contributed by atoms with Gasteiger partial charge in [-0.25, -0.2) is 0 Å². The Morgan fingerprint density at radius 2 is 2.21 bits per heavy atom. The van der Waals surface area contributed by atoms with E-state index in [1.807, 2.05) is 0 Å². The second kappa shape index (κ2) is 3.10. The van der Waals surface area contributed by atoms with Gasteiger partial charge in [-0.2, -0.15) is 0 Å². The molecule has 3 nitrogen and oxygen atoms in total. The number of hydrogen-bond acceptors (Lipinski definition) is 2. The Labute approximate surface area is 86.3 Å². The number of benzene rings is 1. The first-order chi connectivity index (χ1) is 6.59. The molecule has 4 heteroatoms. The van der Waals surface area contributed by atoms with Crippen LogP contribution >= 0.6 is 11.6 Å². The van der Waals surface area contributed by atoms with Crippen LogP contribution in [0.2, 0.25) is 5.02 Å². The standard InChI is InChI=1S/C10H8ClNO2/c1-6(13)12-9-5-8(11)3-2-7(9)4-10(12)14/h2-3,5H,4H2,1H3. The van der Waals surface area contributed by atoms with Crippen molar-refractivity contribution in [2.75, 3.05) is 4.90 Å². The molecule has 72 valence electrons. The molecule has 0 fully saturated rings. The smallest absolute Gasteiger partial charge is 0.238 e. The van der Waals surface area contributed by atoms with Gasteiger partial charge in [0.25, 0.3) is 0 Å². The van der Waals surface area contributed by atoms with Gasteiger partial charge >= 0.3 is 0 Å². The van der Waals surface area contributed by atoms with Crippen LogP contribution in [0.3, 0.4) is 0 Å². The third-order valence-corrected chi connectivity index (χ3v) is 2.43. The number of rotatable bonds is 0. The van der Waals surface area contributed by atoms with Gasteiger partial charge in [-0.3, -0.25) is 14.5 Å². The number of nitrogens with zero attached hydrogens (tertiary/aromatic N) is 1. The van der Waals surface area contributed by atoms with Crippen LogP contribution < -0.4 is 4.90 Å². The summed E-state index contributed by atoms with van der Waals surface area (Å²) in [4.78, 5) is 23.8. The van der Waals surface area contributed by atoms with Crippen LogP contribution in [0.25, 0.3) is 0 Å². The predicted molar refractivity (Wildman–Crippen MR) is 53.3 cm³/mol. The molecular formula is C10H8ClNO2. The zero-order chi connectivity index (χ0) is 10.3. The van der Waals surface area contributed by atoms with Gasteiger partial charge in [0.2, 0.25) is 11.8 Å². The lowest BCUT2D eigenvalue weighted by atomic mass is 10.2. The molecule has 2 rings (SSSR count). The molecule has 0 bridgehead atoms. The van der Waals surface area contributed by atoms with E-state index < -0.39 is 0 Å². The van der Waals surface area contributed by atoms with Crippen LogP contribution in [0.5, 0.6) is 0 Å². The van der Waals surface area contributed by atoms with Crippen LogP contribution in [-0.2, 0) is 16.0 Å². The van der Waals surface area contributed by atoms with E-state index in [-0.39, 0.29) is 18.2 Å². The molecule has 0 unspecified atom stereocenters. The highest BCUT2D eigenvalue weighted by Crippen LogP contribution is 2.31. The lowest BCUT2D eigenvalue weighted by Crippen LogP contribution is -2.31. The van der Waals surface area contributed by atoms with E-state index in [9.17, 15) is 9.59 Å². The van der Waals surface area contributed by atoms with Crippen molar-refractivity contribution in [2.24, 2.45) is 0 Å². The molecule has 0 spiro atoms. The van der Waals surface area contributed by atoms with E-state index in [1.165, 1.54) is 11.8 Å². The molecule has 0 N–H and O–H groups in total. The number of fused-ring (bicyclic) bond motifs is 1. The summed E-state index contributed by atoms with van der Waals surface area (Å²) in [6.45, 7) is 1.37. The molecule has 0 aromatic heterocycles. The van der Waals surface area contributed by atoms with Gasteiger partial charge in [-0.05, 0) is 17.7 Å². The molecule has 0 saturated heterocycles. The molecule has 14 heavy (non-hydrogen) atoms. The maximum Gasteiger partial charge on any atom is 0.238 e. The van der Waals surface area contributed by atoms with E-state index >= 15 is 0 Å². The molecule has 1 heterocycles. The summed E-state index contributed by atoms with van der Waals surface area (Å²) in [6, 6.07) is 5.14. The van der Waals surface area contributed by atoms with Gasteiger partial charge in [0.05, 0.1) is 12.1 Å². The zero-order valence-electron chi connectivity index (χ0n) is 7.58. The molecular weight excluding hydrogens is 202 g/mol. The summed E-state index contributed by atoms with van der Waals surface area (Å²) < 4.78 is 0. The molecule has 1 aromatic carbocycles. The SMILES string of the molecule is CC(=O)N1C(=O)Cc2ccc(Cl)cc21. The van der Waals surface area contributed by atoms with E-state index in [1.54, 1.807) is 18.2 Å². The number of carbonyl (C=O) groups is 2. The summed E-state index contributed by atoms with van der Waals surface area (Å²) in [6.07, 6.45) is 0.284. The van der Waals surface area contributed by atoms with Gasteiger partial charge in [-0.1, -0.05) is 17.7 Å². The maximum absolute atomic E-state index is 11.4. The minimum Gasteiger partial charge on any atom is -0.274 e. The first kappa shape index (κ1) is 9.21. The largest absolute Gasteiger partial charge is 0.274 e. The molecule has 2 amide bonds. The van der Waals surface area contributed by atoms with Crippen molar-refractivity contribution in [2.45, 2.75) is 13.3 Å². The van der Waals surface area contributed by atoms with E-state index in [0.717, 1.165) is 5.56 Å². The Morgan fingerprint density at radius 3 is 2.86 bits per heavy atom. The van der Waals surface area contributed by atoms with Crippen LogP contribution in [0.15, 0.2) is 18.2 Å². The predicted octanol–water partition coefficient (Wildman–Crippen LogP) is 1.78. The summed E-state index contributed by atoms with van der Waals surface area (Å²) in [5, 5.41) is 0.532. The number of amides is 2. The van der Waals surface area contributed by atoms with Gasteiger partial charge in [0, 0.05) is 11.9 Å². The molecule has 1 aromatic rings. The summed E-state index contributed by atoms with van der Waals surface area (Å²) in [5.74, 6) is -0.453. The fourth-order valence-electron chi connectivity index (χ4n) is 1.62. The highest BCUT2D eigenvalue weighted by Gasteiger charge is 2.30. The topological polar surface area (TPSA) is 37.4 Å². The van der Waals surface area contributed by atoms with Crippen molar-refractivity contribution in [3.05, 3.63) is 28.8 Å². The van der Waals surface area contributed by atoms with E-state index in [0.29, 0.717) is 10.7 Å². The first-order valence-electron chi connectivity index (χ1n) is 4.21. The van der Waals surface area contributed by atoms with Crippen LogP contribution in [0.1, 0.15) is 12.5 Å². The van der Waals surface area contributed by atoms with Crippen LogP contribution in [-0.4, -0.2) is 11.8 Å². The second-order valence-corrected chi connectivity index (χ2v) is 3.63. The van der Waals surface area contributed by atoms with Crippen molar-refractivity contribution in [1.29, 1.82) is 0 Å². The maximum atomic E-state index is 11.4. The average molecular weight is 210 g/mol. The van der Waals surface area contributed by atoms with Gasteiger partial charge in [0.15, 0.2) is 0 Å². The Bertz CT molecular complexity index is 428. The van der Waals surface area contributed by atoms with Gasteiger partial charge in [0.1, 0.15) is 0 Å². The van der Waals surface area contributed by atoms with E-state index in [4.69, 9.17) is 11.6 Å². The summed E-state index contributed by atoms with van der Waals surface area (Å²) in [7, 11) is 0. The summed E-state index contributed by atoms with van der Waals surface area (Å²) in [5.41, 5.74) is 1.48. The van der Waals surface area contributed by atoms with Crippen molar-refractivity contribution in [1.82, 2.24) is 0 Å². The van der Waals surface area contributed by atoms with Crippen molar-refractivity contribution in [3.8, 4) is 0 Å². The zero-order valence-corrected chi connectivity index (χ0v) is 8.34. The number of imide groups is 1. The van der Waals surface area contributed by atoms with Crippen LogP contribution in [0, 0.1) is 0 Å². The molecule has 0 atom stereocenters. The van der Waals surface area contributed by atoms with Crippen LogP contribution in [0.4, 0.5) is 5.69 Å². The summed E-state index contributed by atoms with van der Waals surface area (Å²) >= 11 is 5.79. The fraction of sp³-hybridized carbons (Fsp3) is 0.200. The first-order valence-corrected chi connectivity index (χ1v) is 4.59. The minimum atomic E-state index is -0.268. The average Bonchev–Trinajstić information content (AvgIpc) is 2.40.